The topological polar surface area (TPSA) is 81.8 Å². The molecule has 0 unspecified atom stereocenters. The van der Waals surface area contributed by atoms with Gasteiger partial charge in [0.1, 0.15) is 11.7 Å². The lowest BCUT2D eigenvalue weighted by Gasteiger charge is -2.08. The molecular formula is C20H16ClN5O2S. The number of fused-ring (bicyclic) bond motifs is 1. The molecule has 2 aromatic carbocycles. The molecule has 0 saturated carbocycles. The molecule has 0 aliphatic carbocycles. The number of thioether (sulfide) groups is 1. The average Bonchev–Trinajstić information content (AvgIpc) is 3.16. The molecule has 146 valence electrons. The van der Waals surface area contributed by atoms with E-state index in [4.69, 9.17) is 11.6 Å². The number of carbonyl (C=O) groups excluding carboxylic acids is 1. The first-order chi connectivity index (χ1) is 14.1. The summed E-state index contributed by atoms with van der Waals surface area (Å²) in [6.07, 6.45) is 2.71. The number of hydrogen-bond donors (Lipinski definition) is 1. The lowest BCUT2D eigenvalue weighted by atomic mass is 10.2. The molecule has 29 heavy (non-hydrogen) atoms. The molecule has 2 heterocycles. The largest absolute Gasteiger partial charge is 0.283 e. The summed E-state index contributed by atoms with van der Waals surface area (Å²) in [6.45, 7) is 0. The zero-order chi connectivity index (χ0) is 20.2. The first-order valence-electron chi connectivity index (χ1n) is 8.75. The molecule has 1 N–H and O–H groups in total. The van der Waals surface area contributed by atoms with Gasteiger partial charge in [0.15, 0.2) is 5.65 Å². The highest BCUT2D eigenvalue weighted by molar-refractivity contribution is 7.99. The van der Waals surface area contributed by atoms with Crippen LogP contribution < -0.4 is 11.0 Å². The summed E-state index contributed by atoms with van der Waals surface area (Å²) in [7, 11) is 0. The van der Waals surface area contributed by atoms with Crippen molar-refractivity contribution in [1.29, 1.82) is 0 Å². The monoisotopic (exact) mass is 425 g/mol. The molecule has 0 radical (unpaired) electrons. The Hall–Kier alpha value is -3.10. The summed E-state index contributed by atoms with van der Waals surface area (Å²) in [5.41, 5.74) is 4.39. The van der Waals surface area contributed by atoms with Gasteiger partial charge in [0.05, 0.1) is 17.6 Å². The van der Waals surface area contributed by atoms with Gasteiger partial charge >= 0.3 is 0 Å². The summed E-state index contributed by atoms with van der Waals surface area (Å²) in [6, 6.07) is 17.0. The fourth-order valence-corrected chi connectivity index (χ4v) is 3.76. The van der Waals surface area contributed by atoms with E-state index >= 15 is 0 Å². The summed E-state index contributed by atoms with van der Waals surface area (Å²) in [5, 5.41) is 5.09. The van der Waals surface area contributed by atoms with Crippen molar-refractivity contribution < 1.29 is 4.79 Å². The maximum atomic E-state index is 12.7. The van der Waals surface area contributed by atoms with Crippen molar-refractivity contribution in [3.05, 3.63) is 88.1 Å². The van der Waals surface area contributed by atoms with Crippen LogP contribution in [-0.4, -0.2) is 31.1 Å². The molecule has 0 atom stereocenters. The molecular weight excluding hydrogens is 410 g/mol. The maximum absolute atomic E-state index is 12.7. The number of benzene rings is 2. The van der Waals surface area contributed by atoms with E-state index in [-0.39, 0.29) is 11.7 Å². The summed E-state index contributed by atoms with van der Waals surface area (Å²) >= 11 is 7.50. The van der Waals surface area contributed by atoms with Crippen LogP contribution in [0.4, 0.5) is 0 Å². The lowest BCUT2D eigenvalue weighted by Crippen LogP contribution is -2.34. The summed E-state index contributed by atoms with van der Waals surface area (Å²) in [4.78, 5) is 29.2. The fraction of sp³-hybridized carbons (Fsp3) is 0.100. The van der Waals surface area contributed by atoms with Gasteiger partial charge in [-0.3, -0.25) is 15.0 Å². The number of nitrogens with one attached hydrogen (secondary N) is 1. The summed E-state index contributed by atoms with van der Waals surface area (Å²) in [5.74, 6) is 0.657. The van der Waals surface area contributed by atoms with Crippen molar-refractivity contribution in [3.63, 3.8) is 0 Å². The molecule has 7 nitrogen and oxygen atoms in total. The van der Waals surface area contributed by atoms with E-state index in [1.807, 2.05) is 36.4 Å². The van der Waals surface area contributed by atoms with Crippen molar-refractivity contribution in [3.8, 4) is 5.69 Å². The minimum Gasteiger partial charge on any atom is -0.272 e. The minimum absolute atomic E-state index is 0.223. The van der Waals surface area contributed by atoms with Gasteiger partial charge in [-0.1, -0.05) is 48.0 Å². The number of aromatic nitrogens is 4. The quantitative estimate of drug-likeness (QED) is 0.513. The van der Waals surface area contributed by atoms with Crippen LogP contribution in [0.5, 0.6) is 0 Å². The van der Waals surface area contributed by atoms with E-state index in [0.29, 0.717) is 27.5 Å². The highest BCUT2D eigenvalue weighted by Gasteiger charge is 2.13. The Morgan fingerprint density at radius 1 is 1.14 bits per heavy atom. The molecule has 0 bridgehead atoms. The Morgan fingerprint density at radius 2 is 1.97 bits per heavy atom. The van der Waals surface area contributed by atoms with Crippen LogP contribution in [0.25, 0.3) is 16.7 Å². The number of carbonyl (C=O) groups is 1. The Kier molecular flexibility index (Phi) is 5.64. The highest BCUT2D eigenvalue weighted by atomic mass is 35.5. The van der Waals surface area contributed by atoms with Gasteiger partial charge in [-0.15, -0.1) is 11.8 Å². The number of halogens is 1. The van der Waals surface area contributed by atoms with Crippen LogP contribution in [0.1, 0.15) is 5.56 Å². The SMILES string of the molecule is O=C(CSCc1ccccc1)Nn1cnc2c(cnn2-c2cccc(Cl)c2)c1=O. The third-order valence-corrected chi connectivity index (χ3v) is 5.37. The number of hydrogen-bond acceptors (Lipinski definition) is 5. The third kappa shape index (κ3) is 4.33. The van der Waals surface area contributed by atoms with E-state index < -0.39 is 5.56 Å². The normalized spacial score (nSPS) is 10.9. The molecule has 2 aromatic heterocycles. The molecule has 1 amide bonds. The zero-order valence-corrected chi connectivity index (χ0v) is 16.7. The standard InChI is InChI=1S/C20H16ClN5O2S/c21-15-7-4-8-16(9-15)26-19-17(10-23-26)20(28)25(13-22-19)24-18(27)12-29-11-14-5-2-1-3-6-14/h1-10,13H,11-12H2,(H,24,27). The summed E-state index contributed by atoms with van der Waals surface area (Å²) < 4.78 is 2.61. The second-order valence-electron chi connectivity index (χ2n) is 6.21. The maximum Gasteiger partial charge on any atom is 0.283 e. The van der Waals surface area contributed by atoms with Crippen molar-refractivity contribution in [2.75, 3.05) is 11.2 Å². The first kappa shape index (κ1) is 19.2. The van der Waals surface area contributed by atoms with Crippen molar-refractivity contribution in [1.82, 2.24) is 19.4 Å². The van der Waals surface area contributed by atoms with Gasteiger partial charge in [-0.2, -0.15) is 5.10 Å². The molecule has 0 spiro atoms. The van der Waals surface area contributed by atoms with Gasteiger partial charge < -0.3 is 0 Å². The van der Waals surface area contributed by atoms with E-state index in [1.54, 1.807) is 18.2 Å². The predicted octanol–water partition coefficient (Wildman–Crippen LogP) is 3.24. The van der Waals surface area contributed by atoms with Gasteiger partial charge in [0.2, 0.25) is 5.91 Å². The molecule has 0 aliphatic rings. The highest BCUT2D eigenvalue weighted by Crippen LogP contribution is 2.17. The van der Waals surface area contributed by atoms with E-state index in [9.17, 15) is 9.59 Å². The van der Waals surface area contributed by atoms with Crippen molar-refractivity contribution in [2.45, 2.75) is 5.75 Å². The zero-order valence-electron chi connectivity index (χ0n) is 15.2. The predicted molar refractivity (Wildman–Crippen MR) is 115 cm³/mol. The van der Waals surface area contributed by atoms with Crippen LogP contribution in [-0.2, 0) is 10.5 Å². The molecule has 0 saturated heterocycles. The third-order valence-electron chi connectivity index (χ3n) is 4.13. The Bertz CT molecular complexity index is 1220. The van der Waals surface area contributed by atoms with Crippen molar-refractivity contribution >= 4 is 40.3 Å². The van der Waals surface area contributed by atoms with Gasteiger partial charge in [0.25, 0.3) is 5.56 Å². The van der Waals surface area contributed by atoms with Crippen molar-refractivity contribution in [2.24, 2.45) is 0 Å². The first-order valence-corrected chi connectivity index (χ1v) is 10.3. The molecule has 4 rings (SSSR count). The number of rotatable bonds is 6. The second-order valence-corrected chi connectivity index (χ2v) is 7.63. The Morgan fingerprint density at radius 3 is 2.76 bits per heavy atom. The van der Waals surface area contributed by atoms with E-state index in [2.05, 4.69) is 15.5 Å². The van der Waals surface area contributed by atoms with Crippen LogP contribution in [0, 0.1) is 0 Å². The molecule has 4 aromatic rings. The van der Waals surface area contributed by atoms with Crippen LogP contribution in [0.3, 0.4) is 0 Å². The van der Waals surface area contributed by atoms with Crippen LogP contribution in [0.15, 0.2) is 71.9 Å². The van der Waals surface area contributed by atoms with Crippen LogP contribution in [0.2, 0.25) is 5.02 Å². The van der Waals surface area contributed by atoms with Gasteiger partial charge in [-0.25, -0.2) is 14.3 Å². The van der Waals surface area contributed by atoms with Gasteiger partial charge in [-0.05, 0) is 23.8 Å². The van der Waals surface area contributed by atoms with Crippen LogP contribution >= 0.6 is 23.4 Å². The fourth-order valence-electron chi connectivity index (χ4n) is 2.79. The lowest BCUT2D eigenvalue weighted by molar-refractivity contribution is -0.114. The number of amides is 1. The second kappa shape index (κ2) is 8.50. The Labute approximate surface area is 175 Å². The molecule has 9 heteroatoms. The van der Waals surface area contributed by atoms with Gasteiger partial charge in [0, 0.05) is 10.8 Å². The molecule has 0 fully saturated rings. The van der Waals surface area contributed by atoms with E-state index in [0.717, 1.165) is 10.2 Å². The number of nitrogens with zero attached hydrogens (tertiary/aromatic N) is 4. The smallest absolute Gasteiger partial charge is 0.272 e. The van der Waals surface area contributed by atoms with E-state index in [1.165, 1.54) is 29.0 Å². The average molecular weight is 426 g/mol. The minimum atomic E-state index is -0.398. The Balaban J connectivity index is 1.48. The molecule has 0 aliphatic heterocycles.